The van der Waals surface area contributed by atoms with Gasteiger partial charge in [0.2, 0.25) is 5.88 Å². The summed E-state index contributed by atoms with van der Waals surface area (Å²) in [6.45, 7) is 0. The van der Waals surface area contributed by atoms with Crippen LogP contribution in [0.15, 0.2) is 23.3 Å². The van der Waals surface area contributed by atoms with Crippen molar-refractivity contribution in [1.82, 2.24) is 15.2 Å². The van der Waals surface area contributed by atoms with Gasteiger partial charge in [-0.3, -0.25) is 14.5 Å². The van der Waals surface area contributed by atoms with Crippen molar-refractivity contribution in [2.45, 2.75) is 95.1 Å². The van der Waals surface area contributed by atoms with E-state index < -0.39 is 5.54 Å². The highest BCUT2D eigenvalue weighted by atomic mass is 16.5. The maximum Gasteiger partial charge on any atom is 0.257 e. The zero-order chi connectivity index (χ0) is 25.3. The summed E-state index contributed by atoms with van der Waals surface area (Å²) in [4.78, 5) is 36.8. The number of methoxy groups -OCH3 is 1. The van der Waals surface area contributed by atoms with Gasteiger partial charge in [0.15, 0.2) is 5.96 Å². The van der Waals surface area contributed by atoms with Crippen LogP contribution in [0.25, 0.3) is 0 Å². The van der Waals surface area contributed by atoms with Crippen LogP contribution in [0.4, 0.5) is 0 Å². The predicted molar refractivity (Wildman–Crippen MR) is 139 cm³/mol. The highest BCUT2D eigenvalue weighted by Crippen LogP contribution is 2.59. The second-order valence-electron chi connectivity index (χ2n) is 11.8. The molecule has 4 atom stereocenters. The summed E-state index contributed by atoms with van der Waals surface area (Å²) in [7, 11) is 3.32. The van der Waals surface area contributed by atoms with Gasteiger partial charge in [0.05, 0.1) is 12.7 Å². The minimum absolute atomic E-state index is 0.0723. The molecule has 1 aromatic rings. The van der Waals surface area contributed by atoms with Gasteiger partial charge in [-0.05, 0) is 61.8 Å². The number of likely N-dealkylation sites (N-methyl/N-ethyl adjacent to an activating group) is 1. The molecule has 1 aliphatic heterocycles. The molecular formula is C28H41N5O3. The van der Waals surface area contributed by atoms with Gasteiger partial charge < -0.3 is 15.8 Å². The molecule has 0 bridgehead atoms. The molecule has 1 aromatic heterocycles. The molecule has 196 valence electrons. The lowest BCUT2D eigenvalue weighted by Crippen LogP contribution is -2.44. The first-order valence-electron chi connectivity index (χ1n) is 13.8. The minimum atomic E-state index is -0.706. The van der Waals surface area contributed by atoms with Crippen LogP contribution in [0.1, 0.15) is 93.8 Å². The van der Waals surface area contributed by atoms with Gasteiger partial charge in [-0.2, -0.15) is 0 Å². The van der Waals surface area contributed by atoms with Crippen molar-refractivity contribution in [1.29, 1.82) is 0 Å². The van der Waals surface area contributed by atoms with Gasteiger partial charge in [-0.25, -0.2) is 9.98 Å². The Kier molecular flexibility index (Phi) is 6.97. The summed E-state index contributed by atoms with van der Waals surface area (Å²) < 4.78 is 5.09. The number of aromatic nitrogens is 1. The van der Waals surface area contributed by atoms with Crippen molar-refractivity contribution in [2.24, 2.45) is 28.0 Å². The lowest BCUT2D eigenvalue weighted by atomic mass is 9.71. The van der Waals surface area contributed by atoms with E-state index in [1.807, 2.05) is 0 Å². The van der Waals surface area contributed by atoms with Crippen LogP contribution in [-0.2, 0) is 4.79 Å². The number of hydrogen-bond donors (Lipinski definition) is 2. The number of aliphatic imine (C=N–C) groups is 1. The first kappa shape index (κ1) is 25.0. The van der Waals surface area contributed by atoms with Crippen molar-refractivity contribution < 1.29 is 14.3 Å². The van der Waals surface area contributed by atoms with Crippen LogP contribution in [-0.4, -0.2) is 53.4 Å². The number of rotatable bonds is 8. The van der Waals surface area contributed by atoms with Crippen LogP contribution in [0.5, 0.6) is 5.88 Å². The smallest absolute Gasteiger partial charge is 0.257 e. The van der Waals surface area contributed by atoms with E-state index in [4.69, 9.17) is 15.5 Å². The van der Waals surface area contributed by atoms with Crippen molar-refractivity contribution in [3.05, 3.63) is 23.9 Å². The maximum atomic E-state index is 13.4. The molecule has 3 fully saturated rings. The molecule has 2 amide bonds. The molecule has 36 heavy (non-hydrogen) atoms. The Labute approximate surface area is 214 Å². The van der Waals surface area contributed by atoms with Crippen molar-refractivity contribution >= 4 is 17.8 Å². The van der Waals surface area contributed by atoms with E-state index in [1.165, 1.54) is 32.1 Å². The highest BCUT2D eigenvalue weighted by molar-refractivity contribution is 6.06. The normalized spacial score (nSPS) is 32.4. The molecule has 0 radical (unpaired) electrons. The molecule has 3 N–H and O–H groups in total. The molecule has 4 aliphatic rings. The van der Waals surface area contributed by atoms with Crippen molar-refractivity contribution in [2.75, 3.05) is 14.2 Å². The second kappa shape index (κ2) is 10.0. The van der Waals surface area contributed by atoms with Crippen LogP contribution >= 0.6 is 0 Å². The Morgan fingerprint density at radius 3 is 2.61 bits per heavy atom. The van der Waals surface area contributed by atoms with E-state index in [-0.39, 0.29) is 23.3 Å². The number of amides is 2. The second-order valence-corrected chi connectivity index (χ2v) is 11.8. The minimum Gasteiger partial charge on any atom is -0.481 e. The predicted octanol–water partition coefficient (Wildman–Crippen LogP) is 4.05. The van der Waals surface area contributed by atoms with Crippen LogP contribution in [0.2, 0.25) is 0 Å². The molecular weight excluding hydrogens is 454 g/mol. The van der Waals surface area contributed by atoms with E-state index in [0.717, 1.165) is 51.4 Å². The Bertz CT molecular complexity index is 1000. The Balaban J connectivity index is 1.22. The summed E-state index contributed by atoms with van der Waals surface area (Å²) >= 11 is 0. The zero-order valence-corrected chi connectivity index (χ0v) is 21.8. The fraction of sp³-hybridized carbons (Fsp3) is 0.714. The SMILES string of the molecule is COc1ccc(C(=O)NC2CC23CCC[C@H](CC2(CCC4CCCCC4)N=C(N)N(C)C2=O)C3)cn1. The van der Waals surface area contributed by atoms with Crippen LogP contribution in [0.3, 0.4) is 0 Å². The third-order valence-corrected chi connectivity index (χ3v) is 9.38. The van der Waals surface area contributed by atoms with E-state index in [0.29, 0.717) is 29.2 Å². The Morgan fingerprint density at radius 2 is 1.94 bits per heavy atom. The molecule has 1 spiro atoms. The number of nitrogens with zero attached hydrogens (tertiary/aromatic N) is 3. The monoisotopic (exact) mass is 495 g/mol. The largest absolute Gasteiger partial charge is 0.481 e. The number of carbonyl (C=O) groups excluding carboxylic acids is 2. The summed E-state index contributed by atoms with van der Waals surface area (Å²) in [5, 5.41) is 3.24. The average Bonchev–Trinajstić information content (AvgIpc) is 3.49. The number of ether oxygens (including phenoxy) is 1. The van der Waals surface area contributed by atoms with Gasteiger partial charge in [0, 0.05) is 25.4 Å². The van der Waals surface area contributed by atoms with Gasteiger partial charge in [-0.15, -0.1) is 0 Å². The number of guanidine groups is 1. The maximum absolute atomic E-state index is 13.4. The molecule has 2 heterocycles. The van der Waals surface area contributed by atoms with E-state index in [2.05, 4.69) is 10.3 Å². The van der Waals surface area contributed by atoms with Gasteiger partial charge in [0.1, 0.15) is 5.54 Å². The average molecular weight is 496 g/mol. The number of nitrogens with two attached hydrogens (primary N) is 1. The molecule has 8 nitrogen and oxygen atoms in total. The standard InChI is InChI=1S/C28H41N5O3/c1-33-25(35)28(32-26(33)29,14-12-19-7-4-3-5-8-19)16-20-9-6-13-27(15-20)17-22(27)31-24(34)21-10-11-23(36-2)30-18-21/h10-11,18-20,22H,3-9,12-17H2,1-2H3,(H2,29,32)(H,31,34)/t20-,22?,27?,28?/m0/s1. The lowest BCUT2D eigenvalue weighted by molar-refractivity contribution is -0.131. The van der Waals surface area contributed by atoms with Gasteiger partial charge >= 0.3 is 0 Å². The third kappa shape index (κ3) is 4.96. The number of hydrogen-bond acceptors (Lipinski definition) is 6. The third-order valence-electron chi connectivity index (χ3n) is 9.38. The Hall–Kier alpha value is -2.64. The van der Waals surface area contributed by atoms with Crippen molar-refractivity contribution in [3.8, 4) is 5.88 Å². The first-order valence-corrected chi connectivity index (χ1v) is 13.8. The molecule has 3 unspecified atom stereocenters. The summed E-state index contributed by atoms with van der Waals surface area (Å²) in [6, 6.07) is 3.65. The molecule has 5 rings (SSSR count). The van der Waals surface area contributed by atoms with Crippen LogP contribution < -0.4 is 15.8 Å². The number of pyridine rings is 1. The Morgan fingerprint density at radius 1 is 1.17 bits per heavy atom. The fourth-order valence-corrected chi connectivity index (χ4v) is 7.18. The topological polar surface area (TPSA) is 110 Å². The molecule has 3 saturated carbocycles. The fourth-order valence-electron chi connectivity index (χ4n) is 7.18. The van der Waals surface area contributed by atoms with Gasteiger partial charge in [0.25, 0.3) is 11.8 Å². The molecule has 0 aromatic carbocycles. The number of nitrogens with one attached hydrogen (secondary N) is 1. The molecule has 0 saturated heterocycles. The summed E-state index contributed by atoms with van der Waals surface area (Å²) in [6.07, 6.45) is 16.1. The number of carbonyl (C=O) groups is 2. The van der Waals surface area contributed by atoms with E-state index >= 15 is 0 Å². The van der Waals surface area contributed by atoms with Crippen LogP contribution in [0, 0.1) is 17.3 Å². The highest BCUT2D eigenvalue weighted by Gasteiger charge is 2.58. The van der Waals surface area contributed by atoms with E-state index in [9.17, 15) is 9.59 Å². The van der Waals surface area contributed by atoms with Gasteiger partial charge in [-0.1, -0.05) is 44.9 Å². The molecule has 3 aliphatic carbocycles. The first-order chi connectivity index (χ1) is 17.3. The zero-order valence-electron chi connectivity index (χ0n) is 21.8. The van der Waals surface area contributed by atoms with E-state index in [1.54, 1.807) is 37.4 Å². The lowest BCUT2D eigenvalue weighted by Gasteiger charge is -2.36. The quantitative estimate of drug-likeness (QED) is 0.565. The molecule has 8 heteroatoms. The van der Waals surface area contributed by atoms with Crippen molar-refractivity contribution in [3.63, 3.8) is 0 Å². The summed E-state index contributed by atoms with van der Waals surface area (Å²) in [5.41, 5.74) is 6.16. The summed E-state index contributed by atoms with van der Waals surface area (Å²) in [5.74, 6) is 1.97.